The molecule has 0 spiro atoms. The van der Waals surface area contributed by atoms with Crippen LogP contribution in [-0.2, 0) is 0 Å². The highest BCUT2D eigenvalue weighted by Gasteiger charge is 2.25. The molecule has 0 bridgehead atoms. The zero-order valence-electron chi connectivity index (χ0n) is 9.61. The SMILES string of the molecule is O=C(O)c1ccc2oc(=O)c(C(=O)O)c(C(=O)O)c2c1. The Morgan fingerprint density at radius 2 is 1.50 bits per heavy atom. The Hall–Kier alpha value is -3.16. The molecule has 1 heterocycles. The Morgan fingerprint density at radius 1 is 0.900 bits per heavy atom. The summed E-state index contributed by atoms with van der Waals surface area (Å²) in [6.07, 6.45) is 0. The highest BCUT2D eigenvalue weighted by atomic mass is 16.4. The molecule has 3 N–H and O–H groups in total. The normalized spacial score (nSPS) is 10.4. The van der Waals surface area contributed by atoms with Gasteiger partial charge in [-0.2, -0.15) is 0 Å². The topological polar surface area (TPSA) is 142 Å². The average Bonchev–Trinajstić information content (AvgIpc) is 2.35. The van der Waals surface area contributed by atoms with Crippen LogP contribution in [0.1, 0.15) is 31.1 Å². The van der Waals surface area contributed by atoms with E-state index in [9.17, 15) is 19.2 Å². The number of hydrogen-bond acceptors (Lipinski definition) is 5. The third-order valence-corrected chi connectivity index (χ3v) is 2.58. The van der Waals surface area contributed by atoms with Crippen molar-refractivity contribution in [3.05, 3.63) is 45.3 Å². The minimum Gasteiger partial charge on any atom is -0.478 e. The molecule has 2 rings (SSSR count). The second-order valence-electron chi connectivity index (χ2n) is 3.77. The summed E-state index contributed by atoms with van der Waals surface area (Å²) in [5.41, 5.74) is -3.63. The van der Waals surface area contributed by atoms with Crippen molar-refractivity contribution in [3.63, 3.8) is 0 Å². The maximum atomic E-state index is 11.5. The molecule has 0 aliphatic heterocycles. The van der Waals surface area contributed by atoms with Gasteiger partial charge in [-0.3, -0.25) is 0 Å². The van der Waals surface area contributed by atoms with Crippen LogP contribution in [0, 0.1) is 0 Å². The quantitative estimate of drug-likeness (QED) is 0.702. The third kappa shape index (κ3) is 1.99. The molecule has 0 aliphatic carbocycles. The Morgan fingerprint density at radius 3 is 2.00 bits per heavy atom. The number of fused-ring (bicyclic) bond motifs is 1. The van der Waals surface area contributed by atoms with E-state index in [2.05, 4.69) is 4.42 Å². The molecular formula is C12H6O8. The molecule has 0 saturated heterocycles. The van der Waals surface area contributed by atoms with Gasteiger partial charge in [-0.15, -0.1) is 0 Å². The van der Waals surface area contributed by atoms with Gasteiger partial charge in [0, 0.05) is 5.39 Å². The molecule has 0 amide bonds. The van der Waals surface area contributed by atoms with Crippen molar-refractivity contribution >= 4 is 28.9 Å². The lowest BCUT2D eigenvalue weighted by Crippen LogP contribution is -2.20. The van der Waals surface area contributed by atoms with E-state index in [0.717, 1.165) is 18.2 Å². The van der Waals surface area contributed by atoms with Crippen LogP contribution in [0.5, 0.6) is 0 Å². The fourth-order valence-electron chi connectivity index (χ4n) is 1.75. The molecule has 20 heavy (non-hydrogen) atoms. The Labute approximate surface area is 109 Å². The lowest BCUT2D eigenvalue weighted by Gasteiger charge is -2.05. The molecule has 0 fully saturated rings. The largest absolute Gasteiger partial charge is 0.478 e. The molecule has 1 aromatic carbocycles. The fraction of sp³-hybridized carbons (Fsp3) is 0. The monoisotopic (exact) mass is 278 g/mol. The van der Waals surface area contributed by atoms with E-state index in [1.807, 2.05) is 0 Å². The van der Waals surface area contributed by atoms with Gasteiger partial charge in [0.05, 0.1) is 11.1 Å². The zero-order valence-corrected chi connectivity index (χ0v) is 9.61. The van der Waals surface area contributed by atoms with Gasteiger partial charge < -0.3 is 19.7 Å². The van der Waals surface area contributed by atoms with Gasteiger partial charge in [-0.05, 0) is 18.2 Å². The smallest absolute Gasteiger partial charge is 0.351 e. The number of rotatable bonds is 3. The molecule has 8 nitrogen and oxygen atoms in total. The number of aromatic carboxylic acids is 3. The summed E-state index contributed by atoms with van der Waals surface area (Å²) >= 11 is 0. The van der Waals surface area contributed by atoms with Crippen molar-refractivity contribution in [2.45, 2.75) is 0 Å². The van der Waals surface area contributed by atoms with Crippen LogP contribution >= 0.6 is 0 Å². The predicted octanol–water partition coefficient (Wildman–Crippen LogP) is 0.888. The lowest BCUT2D eigenvalue weighted by molar-refractivity contribution is 0.0648. The predicted molar refractivity (Wildman–Crippen MR) is 63.4 cm³/mol. The molecule has 8 heteroatoms. The average molecular weight is 278 g/mol. The van der Waals surface area contributed by atoms with E-state index in [-0.39, 0.29) is 16.5 Å². The highest BCUT2D eigenvalue weighted by molar-refractivity contribution is 6.11. The van der Waals surface area contributed by atoms with Crippen LogP contribution in [0.2, 0.25) is 0 Å². The van der Waals surface area contributed by atoms with Crippen LogP contribution in [0.4, 0.5) is 0 Å². The first kappa shape index (κ1) is 13.3. The van der Waals surface area contributed by atoms with Crippen LogP contribution < -0.4 is 5.63 Å². The van der Waals surface area contributed by atoms with Crippen molar-refractivity contribution in [1.29, 1.82) is 0 Å². The van der Waals surface area contributed by atoms with E-state index in [1.165, 1.54) is 0 Å². The molecule has 2 aromatic rings. The molecule has 0 radical (unpaired) electrons. The van der Waals surface area contributed by atoms with Crippen molar-refractivity contribution in [2.24, 2.45) is 0 Å². The van der Waals surface area contributed by atoms with E-state index in [1.54, 1.807) is 0 Å². The fourth-order valence-corrected chi connectivity index (χ4v) is 1.75. The molecule has 0 saturated carbocycles. The van der Waals surface area contributed by atoms with Gasteiger partial charge in [0.15, 0.2) is 5.56 Å². The first-order chi connectivity index (χ1) is 9.32. The van der Waals surface area contributed by atoms with Gasteiger partial charge in [-0.1, -0.05) is 0 Å². The number of carboxylic acids is 3. The summed E-state index contributed by atoms with van der Waals surface area (Å²) < 4.78 is 4.69. The number of carboxylic acid groups (broad SMARTS) is 3. The molecule has 0 unspecified atom stereocenters. The first-order valence-electron chi connectivity index (χ1n) is 5.13. The Bertz CT molecular complexity index is 814. The standard InChI is InChI=1S/C12H6O8/c13-9(14)4-1-2-6-5(3-4)7(10(15)16)8(11(17)18)12(19)20-6/h1-3H,(H,13,14)(H,15,16)(H,17,18). The molecular weight excluding hydrogens is 272 g/mol. The van der Waals surface area contributed by atoms with Gasteiger partial charge in [0.2, 0.25) is 0 Å². The van der Waals surface area contributed by atoms with Crippen LogP contribution in [0.15, 0.2) is 27.4 Å². The van der Waals surface area contributed by atoms with Crippen LogP contribution in [0.25, 0.3) is 11.0 Å². The van der Waals surface area contributed by atoms with E-state index < -0.39 is 34.7 Å². The van der Waals surface area contributed by atoms with Crippen molar-refractivity contribution in [1.82, 2.24) is 0 Å². The Kier molecular flexibility index (Phi) is 2.99. The summed E-state index contributed by atoms with van der Waals surface area (Å²) in [6.45, 7) is 0. The minimum absolute atomic E-state index is 0.206. The Balaban J connectivity index is 3.02. The number of carbonyl (C=O) groups is 3. The maximum Gasteiger partial charge on any atom is 0.351 e. The van der Waals surface area contributed by atoms with Crippen molar-refractivity contribution in [2.75, 3.05) is 0 Å². The summed E-state index contributed by atoms with van der Waals surface area (Å²) in [7, 11) is 0. The van der Waals surface area contributed by atoms with Crippen molar-refractivity contribution < 1.29 is 34.1 Å². The van der Waals surface area contributed by atoms with Gasteiger partial charge in [0.25, 0.3) is 0 Å². The first-order valence-corrected chi connectivity index (χ1v) is 5.13. The number of hydrogen-bond donors (Lipinski definition) is 3. The molecule has 0 aliphatic rings. The van der Waals surface area contributed by atoms with Gasteiger partial charge >= 0.3 is 23.5 Å². The van der Waals surface area contributed by atoms with Crippen LogP contribution in [0.3, 0.4) is 0 Å². The van der Waals surface area contributed by atoms with E-state index in [0.29, 0.717) is 0 Å². The second kappa shape index (κ2) is 4.50. The second-order valence-corrected chi connectivity index (χ2v) is 3.77. The minimum atomic E-state index is -1.77. The zero-order chi connectivity index (χ0) is 15.0. The molecule has 102 valence electrons. The summed E-state index contributed by atoms with van der Waals surface area (Å²) in [6, 6.07) is 3.15. The van der Waals surface area contributed by atoms with E-state index in [4.69, 9.17) is 15.3 Å². The van der Waals surface area contributed by atoms with Crippen molar-refractivity contribution in [3.8, 4) is 0 Å². The summed E-state index contributed by atoms with van der Waals surface area (Å²) in [4.78, 5) is 44.5. The van der Waals surface area contributed by atoms with E-state index >= 15 is 0 Å². The van der Waals surface area contributed by atoms with Gasteiger partial charge in [-0.25, -0.2) is 19.2 Å². The number of benzene rings is 1. The summed E-state index contributed by atoms with van der Waals surface area (Å²) in [5, 5.41) is 26.6. The highest BCUT2D eigenvalue weighted by Crippen LogP contribution is 2.22. The maximum absolute atomic E-state index is 11.5. The molecule has 0 atom stereocenters. The third-order valence-electron chi connectivity index (χ3n) is 2.58. The summed E-state index contributed by atoms with van der Waals surface area (Å²) in [5.74, 6) is -4.76. The van der Waals surface area contributed by atoms with Crippen LogP contribution in [-0.4, -0.2) is 33.2 Å². The van der Waals surface area contributed by atoms with Gasteiger partial charge in [0.1, 0.15) is 5.58 Å². The molecule has 1 aromatic heterocycles. The lowest BCUT2D eigenvalue weighted by atomic mass is 10.0.